The molecule has 0 radical (unpaired) electrons. The van der Waals surface area contributed by atoms with Crippen molar-refractivity contribution in [3.63, 3.8) is 0 Å². The summed E-state index contributed by atoms with van der Waals surface area (Å²) in [7, 11) is 0. The van der Waals surface area contributed by atoms with Gasteiger partial charge in [0.2, 0.25) is 11.8 Å². The van der Waals surface area contributed by atoms with Gasteiger partial charge in [-0.05, 0) is 67.2 Å². The second kappa shape index (κ2) is 15.7. The van der Waals surface area contributed by atoms with Gasteiger partial charge < -0.3 is 10.6 Å². The first-order valence-electron chi connectivity index (χ1n) is 10.0. The normalized spacial score (nSPS) is 11.9. The minimum Gasteiger partial charge on any atom is -0.349 e. The highest BCUT2D eigenvalue weighted by atomic mass is 16.2. The van der Waals surface area contributed by atoms with Gasteiger partial charge in [0.05, 0.1) is 0 Å². The predicted octanol–water partition coefficient (Wildman–Crippen LogP) is 5.16. The van der Waals surface area contributed by atoms with E-state index in [4.69, 9.17) is 0 Å². The van der Waals surface area contributed by atoms with Gasteiger partial charge in [-0.2, -0.15) is 0 Å². The van der Waals surface area contributed by atoms with Gasteiger partial charge in [-0.1, -0.05) is 46.6 Å². The Kier molecular flexibility index (Phi) is 14.4. The summed E-state index contributed by atoms with van der Waals surface area (Å²) >= 11 is 0. The number of amides is 2. The summed E-state index contributed by atoms with van der Waals surface area (Å²) in [5.41, 5.74) is 5.12. The van der Waals surface area contributed by atoms with Crippen LogP contribution in [-0.2, 0) is 9.59 Å². The van der Waals surface area contributed by atoms with Crippen LogP contribution in [-0.4, -0.2) is 24.9 Å². The molecule has 0 fully saturated rings. The fourth-order valence-electron chi connectivity index (χ4n) is 2.30. The van der Waals surface area contributed by atoms with Crippen molar-refractivity contribution >= 4 is 11.8 Å². The first kappa shape index (κ1) is 25.6. The van der Waals surface area contributed by atoms with E-state index in [1.807, 2.05) is 12.2 Å². The quantitative estimate of drug-likeness (QED) is 0.359. The maximum absolute atomic E-state index is 11.8. The zero-order chi connectivity index (χ0) is 21.4. The Labute approximate surface area is 171 Å². The molecule has 0 aromatic heterocycles. The topological polar surface area (TPSA) is 58.2 Å². The minimum atomic E-state index is -0.267. The smallest absolute Gasteiger partial charge is 0.244 e. The number of carbonyl (C=O) groups is 2. The average molecular weight is 387 g/mol. The van der Waals surface area contributed by atoms with Crippen molar-refractivity contribution in [3.8, 4) is 0 Å². The summed E-state index contributed by atoms with van der Waals surface area (Å²) < 4.78 is 0. The lowest BCUT2D eigenvalue weighted by Gasteiger charge is -2.02. The molecule has 0 aliphatic carbocycles. The van der Waals surface area contributed by atoms with E-state index in [-0.39, 0.29) is 11.8 Å². The van der Waals surface area contributed by atoms with Crippen molar-refractivity contribution in [1.82, 2.24) is 10.6 Å². The zero-order valence-corrected chi connectivity index (χ0v) is 18.5. The Morgan fingerprint density at radius 3 is 1.29 bits per heavy atom. The van der Waals surface area contributed by atoms with Gasteiger partial charge in [0.15, 0.2) is 0 Å². The molecule has 0 aliphatic rings. The molecule has 2 N–H and O–H groups in total. The molecule has 0 rings (SSSR count). The van der Waals surface area contributed by atoms with Crippen LogP contribution in [0.15, 0.2) is 58.7 Å². The standard InChI is InChI=1S/C24H38N2O2/c1-19(2)9-7-11-21(5)15-17-25-23(27)13-14-24(28)26-18-16-22(6)12-8-10-20(3)4/h9-10,13-16H,7-8,11-12,17-18H2,1-6H3,(H,25,27)(H,26,28). The minimum absolute atomic E-state index is 0.267. The number of hydrogen-bond donors (Lipinski definition) is 2. The van der Waals surface area contributed by atoms with Gasteiger partial charge in [-0.25, -0.2) is 0 Å². The fraction of sp³-hybridized carbons (Fsp3) is 0.500. The maximum Gasteiger partial charge on any atom is 0.244 e. The lowest BCUT2D eigenvalue weighted by molar-refractivity contribution is -0.118. The third-order valence-electron chi connectivity index (χ3n) is 4.02. The van der Waals surface area contributed by atoms with E-state index in [1.54, 1.807) is 0 Å². The molecule has 0 bridgehead atoms. The van der Waals surface area contributed by atoms with Crippen LogP contribution in [0.4, 0.5) is 0 Å². The van der Waals surface area contributed by atoms with E-state index in [0.717, 1.165) is 25.7 Å². The summed E-state index contributed by atoms with van der Waals surface area (Å²) in [5.74, 6) is -0.533. The molecule has 2 amide bonds. The van der Waals surface area contributed by atoms with Gasteiger partial charge in [0.25, 0.3) is 0 Å². The molecule has 0 saturated heterocycles. The van der Waals surface area contributed by atoms with E-state index < -0.39 is 0 Å². The van der Waals surface area contributed by atoms with Gasteiger partial charge >= 0.3 is 0 Å². The lowest BCUT2D eigenvalue weighted by atomic mass is 10.1. The third kappa shape index (κ3) is 17.1. The Morgan fingerprint density at radius 2 is 0.964 bits per heavy atom. The van der Waals surface area contributed by atoms with Crippen LogP contribution in [0, 0.1) is 0 Å². The molecule has 0 heterocycles. The van der Waals surface area contributed by atoms with Crippen molar-refractivity contribution in [2.24, 2.45) is 0 Å². The van der Waals surface area contributed by atoms with Crippen LogP contribution >= 0.6 is 0 Å². The number of rotatable bonds is 12. The second-order valence-corrected chi connectivity index (χ2v) is 7.56. The number of nitrogens with one attached hydrogen (secondary N) is 2. The van der Waals surface area contributed by atoms with Crippen molar-refractivity contribution < 1.29 is 9.59 Å². The average Bonchev–Trinajstić information content (AvgIpc) is 2.59. The second-order valence-electron chi connectivity index (χ2n) is 7.56. The van der Waals surface area contributed by atoms with Gasteiger partial charge in [0.1, 0.15) is 0 Å². The molecule has 0 atom stereocenters. The van der Waals surface area contributed by atoms with Crippen LogP contribution in [0.2, 0.25) is 0 Å². The third-order valence-corrected chi connectivity index (χ3v) is 4.02. The SMILES string of the molecule is CC(C)=CCCC(C)=CCNC(=O)C=CC(=O)NCC=C(C)CCC=C(C)C. The van der Waals surface area contributed by atoms with Gasteiger partial charge in [-0.3, -0.25) is 9.59 Å². The first-order chi connectivity index (χ1) is 13.2. The molecular weight excluding hydrogens is 348 g/mol. The Bertz CT molecular complexity index is 586. The van der Waals surface area contributed by atoms with Gasteiger partial charge in [0, 0.05) is 25.2 Å². The monoisotopic (exact) mass is 386 g/mol. The molecule has 0 spiro atoms. The lowest BCUT2D eigenvalue weighted by Crippen LogP contribution is -2.24. The Morgan fingerprint density at radius 1 is 0.607 bits per heavy atom. The van der Waals surface area contributed by atoms with E-state index in [1.165, 1.54) is 34.4 Å². The molecule has 0 saturated carbocycles. The molecule has 28 heavy (non-hydrogen) atoms. The van der Waals surface area contributed by atoms with Crippen molar-refractivity contribution in [2.75, 3.05) is 13.1 Å². The van der Waals surface area contributed by atoms with Crippen molar-refractivity contribution in [1.29, 1.82) is 0 Å². The maximum atomic E-state index is 11.8. The fourth-order valence-corrected chi connectivity index (χ4v) is 2.30. The summed E-state index contributed by atoms with van der Waals surface area (Å²) in [4.78, 5) is 23.5. The van der Waals surface area contributed by atoms with E-state index >= 15 is 0 Å². The van der Waals surface area contributed by atoms with E-state index in [0.29, 0.717) is 13.1 Å². The highest BCUT2D eigenvalue weighted by molar-refractivity contribution is 5.96. The summed E-state index contributed by atoms with van der Waals surface area (Å²) in [6.07, 6.45) is 15.0. The Balaban J connectivity index is 4.08. The van der Waals surface area contributed by atoms with Crippen LogP contribution in [0.5, 0.6) is 0 Å². The van der Waals surface area contributed by atoms with Crippen molar-refractivity contribution in [3.05, 3.63) is 58.7 Å². The van der Waals surface area contributed by atoms with E-state index in [9.17, 15) is 9.59 Å². The van der Waals surface area contributed by atoms with Crippen LogP contribution in [0.1, 0.15) is 67.2 Å². The van der Waals surface area contributed by atoms with E-state index in [2.05, 4.69) is 64.3 Å². The molecular formula is C24H38N2O2. The Hall–Kier alpha value is -2.36. The molecule has 156 valence electrons. The molecule has 0 aromatic rings. The zero-order valence-electron chi connectivity index (χ0n) is 18.5. The summed E-state index contributed by atoms with van der Waals surface area (Å²) in [6.45, 7) is 13.4. The molecule has 0 unspecified atom stereocenters. The molecule has 0 aromatic carbocycles. The molecule has 0 aliphatic heterocycles. The molecule has 4 heteroatoms. The van der Waals surface area contributed by atoms with Gasteiger partial charge in [-0.15, -0.1) is 0 Å². The summed E-state index contributed by atoms with van der Waals surface area (Å²) in [6, 6.07) is 0. The highest BCUT2D eigenvalue weighted by Crippen LogP contribution is 2.06. The van der Waals surface area contributed by atoms with Crippen molar-refractivity contribution in [2.45, 2.75) is 67.2 Å². The van der Waals surface area contributed by atoms with Crippen LogP contribution in [0.25, 0.3) is 0 Å². The largest absolute Gasteiger partial charge is 0.349 e. The highest BCUT2D eigenvalue weighted by Gasteiger charge is 1.97. The van der Waals surface area contributed by atoms with Crippen LogP contribution < -0.4 is 10.6 Å². The molecule has 4 nitrogen and oxygen atoms in total. The number of allylic oxidation sites excluding steroid dienone is 6. The number of carbonyl (C=O) groups excluding carboxylic acids is 2. The summed E-state index contributed by atoms with van der Waals surface area (Å²) in [5, 5.41) is 5.52. The predicted molar refractivity (Wildman–Crippen MR) is 120 cm³/mol. The number of hydrogen-bond acceptors (Lipinski definition) is 2. The first-order valence-corrected chi connectivity index (χ1v) is 10.0. The van der Waals surface area contributed by atoms with Crippen LogP contribution in [0.3, 0.4) is 0 Å².